The number of para-hydroxylation sites is 2. The molecule has 0 bridgehead atoms. The summed E-state index contributed by atoms with van der Waals surface area (Å²) in [5, 5.41) is 0.123. The topological polar surface area (TPSA) is 102 Å². The van der Waals surface area contributed by atoms with Crippen LogP contribution < -0.4 is 14.4 Å². The molecule has 1 aliphatic heterocycles. The molecular formula is C26H25ClN2O7S. The maximum atomic E-state index is 13.7. The van der Waals surface area contributed by atoms with Crippen molar-refractivity contribution < 1.29 is 32.2 Å². The fourth-order valence-electron chi connectivity index (χ4n) is 3.93. The van der Waals surface area contributed by atoms with E-state index in [1.807, 2.05) is 6.07 Å². The van der Waals surface area contributed by atoms with Crippen molar-refractivity contribution in [1.29, 1.82) is 0 Å². The molecule has 4 rings (SSSR count). The molecule has 11 heteroatoms. The Labute approximate surface area is 220 Å². The summed E-state index contributed by atoms with van der Waals surface area (Å²) in [6.07, 6.45) is -1.05. The number of methoxy groups -OCH3 is 2. The van der Waals surface area contributed by atoms with E-state index in [0.717, 1.165) is 4.31 Å². The van der Waals surface area contributed by atoms with Crippen molar-refractivity contribution in [3.05, 3.63) is 83.4 Å². The quantitative estimate of drug-likeness (QED) is 0.400. The van der Waals surface area contributed by atoms with E-state index in [-0.39, 0.29) is 23.0 Å². The molecule has 1 aliphatic rings. The van der Waals surface area contributed by atoms with E-state index in [2.05, 4.69) is 0 Å². The van der Waals surface area contributed by atoms with Gasteiger partial charge in [-0.1, -0.05) is 54.1 Å². The number of carbonyl (C=O) groups excluding carboxylic acids is 2. The molecule has 3 aromatic carbocycles. The predicted octanol–water partition coefficient (Wildman–Crippen LogP) is 3.51. The smallest absolute Gasteiger partial charge is 0.348 e. The van der Waals surface area contributed by atoms with Crippen molar-refractivity contribution in [2.75, 3.05) is 32.2 Å². The Morgan fingerprint density at radius 3 is 2.43 bits per heavy atom. The standard InChI is InChI=1S/C26H25ClN2O7S/c1-34-22-13-12-19(14-20(22)27)37(32,33)28(15-18-8-4-3-5-9-18)17-25(30)29-16-24(26(31)35-2)36-23-11-7-6-10-21(23)29/h3-14,24H,15-17H2,1-2H3/t24-/m0/s1. The molecule has 0 saturated heterocycles. The van der Waals surface area contributed by atoms with E-state index in [1.54, 1.807) is 48.5 Å². The molecule has 0 unspecified atom stereocenters. The molecule has 9 nitrogen and oxygen atoms in total. The zero-order chi connectivity index (χ0) is 26.6. The lowest BCUT2D eigenvalue weighted by Gasteiger charge is -2.34. The molecule has 0 radical (unpaired) electrons. The second-order valence-electron chi connectivity index (χ2n) is 8.16. The second kappa shape index (κ2) is 11.2. The molecule has 0 fully saturated rings. The van der Waals surface area contributed by atoms with Crippen LogP contribution >= 0.6 is 11.6 Å². The molecule has 1 heterocycles. The molecule has 0 aromatic heterocycles. The zero-order valence-electron chi connectivity index (χ0n) is 20.2. The van der Waals surface area contributed by atoms with E-state index in [0.29, 0.717) is 22.7 Å². The first-order chi connectivity index (χ1) is 17.7. The van der Waals surface area contributed by atoms with Crippen LogP contribution in [0.3, 0.4) is 0 Å². The fraction of sp³-hybridized carbons (Fsp3) is 0.231. The number of anilines is 1. The Bertz CT molecular complexity index is 1400. The van der Waals surface area contributed by atoms with Gasteiger partial charge in [-0.3, -0.25) is 4.79 Å². The summed E-state index contributed by atoms with van der Waals surface area (Å²) in [6, 6.07) is 19.8. The minimum Gasteiger partial charge on any atom is -0.495 e. The van der Waals surface area contributed by atoms with Crippen LogP contribution in [0.25, 0.3) is 0 Å². The molecule has 0 saturated carbocycles. The third-order valence-electron chi connectivity index (χ3n) is 5.81. The summed E-state index contributed by atoms with van der Waals surface area (Å²) in [4.78, 5) is 27.1. The number of halogens is 1. The SMILES string of the molecule is COC(=O)[C@@H]1CN(C(=O)CN(Cc2ccccc2)S(=O)(=O)c2ccc(OC)c(Cl)c2)c2ccccc2O1. The molecule has 1 atom stereocenters. The van der Waals surface area contributed by atoms with Gasteiger partial charge in [0.15, 0.2) is 0 Å². The molecule has 37 heavy (non-hydrogen) atoms. The van der Waals surface area contributed by atoms with Crippen LogP contribution in [0.2, 0.25) is 5.02 Å². The summed E-state index contributed by atoms with van der Waals surface area (Å²) in [6.45, 7) is -0.690. The molecule has 1 amide bonds. The van der Waals surface area contributed by atoms with Gasteiger partial charge in [0.05, 0.1) is 42.9 Å². The van der Waals surface area contributed by atoms with Crippen molar-refractivity contribution in [3.8, 4) is 11.5 Å². The number of fused-ring (bicyclic) bond motifs is 1. The van der Waals surface area contributed by atoms with Gasteiger partial charge in [-0.05, 0) is 35.9 Å². The monoisotopic (exact) mass is 544 g/mol. The van der Waals surface area contributed by atoms with Crippen LogP contribution in [0.15, 0.2) is 77.7 Å². The normalized spacial score (nSPS) is 15.0. The third kappa shape index (κ3) is 5.71. The largest absolute Gasteiger partial charge is 0.495 e. The number of nitrogens with zero attached hydrogens (tertiary/aromatic N) is 2. The number of sulfonamides is 1. The minimum absolute atomic E-state index is 0.0645. The van der Waals surface area contributed by atoms with Gasteiger partial charge >= 0.3 is 5.97 Å². The Kier molecular flexibility index (Phi) is 8.01. The van der Waals surface area contributed by atoms with E-state index in [4.69, 9.17) is 25.8 Å². The van der Waals surface area contributed by atoms with Crippen LogP contribution in [0, 0.1) is 0 Å². The number of esters is 1. The highest BCUT2D eigenvalue weighted by molar-refractivity contribution is 7.89. The minimum atomic E-state index is -4.17. The summed E-state index contributed by atoms with van der Waals surface area (Å²) < 4.78 is 44.2. The summed E-state index contributed by atoms with van der Waals surface area (Å²) in [5.74, 6) is -0.542. The van der Waals surface area contributed by atoms with Crippen molar-refractivity contribution in [2.24, 2.45) is 0 Å². The second-order valence-corrected chi connectivity index (χ2v) is 10.5. The summed E-state index contributed by atoms with van der Waals surface area (Å²) in [7, 11) is -1.51. The van der Waals surface area contributed by atoms with E-state index in [9.17, 15) is 18.0 Å². The van der Waals surface area contributed by atoms with Gasteiger partial charge in [-0.25, -0.2) is 13.2 Å². The number of ether oxygens (including phenoxy) is 3. The van der Waals surface area contributed by atoms with Gasteiger partial charge in [-0.15, -0.1) is 0 Å². The Balaban J connectivity index is 1.69. The van der Waals surface area contributed by atoms with Gasteiger partial charge in [0.1, 0.15) is 11.5 Å². The molecule has 0 aliphatic carbocycles. The van der Waals surface area contributed by atoms with Gasteiger partial charge in [0.25, 0.3) is 0 Å². The van der Waals surface area contributed by atoms with Crippen LogP contribution in [-0.2, 0) is 30.9 Å². The van der Waals surface area contributed by atoms with E-state index in [1.165, 1.54) is 37.3 Å². The van der Waals surface area contributed by atoms with Crippen LogP contribution in [-0.4, -0.2) is 58.0 Å². The summed E-state index contributed by atoms with van der Waals surface area (Å²) in [5.41, 5.74) is 1.12. The molecule has 0 N–H and O–H groups in total. The maximum absolute atomic E-state index is 13.7. The lowest BCUT2D eigenvalue weighted by molar-refractivity contribution is -0.148. The maximum Gasteiger partial charge on any atom is 0.348 e. The number of carbonyl (C=O) groups is 2. The summed E-state index contributed by atoms with van der Waals surface area (Å²) >= 11 is 6.20. The predicted molar refractivity (Wildman–Crippen MR) is 137 cm³/mol. The Morgan fingerprint density at radius 1 is 1.05 bits per heavy atom. The van der Waals surface area contributed by atoms with E-state index >= 15 is 0 Å². The average molecular weight is 545 g/mol. The highest BCUT2D eigenvalue weighted by Gasteiger charge is 2.36. The van der Waals surface area contributed by atoms with Crippen molar-refractivity contribution in [2.45, 2.75) is 17.5 Å². The first kappa shape index (κ1) is 26.5. The number of rotatable bonds is 8. The first-order valence-electron chi connectivity index (χ1n) is 11.3. The van der Waals surface area contributed by atoms with Crippen molar-refractivity contribution >= 4 is 39.2 Å². The van der Waals surface area contributed by atoms with Gasteiger partial charge in [0.2, 0.25) is 22.0 Å². The highest BCUT2D eigenvalue weighted by atomic mass is 35.5. The van der Waals surface area contributed by atoms with Gasteiger partial charge < -0.3 is 19.1 Å². The van der Waals surface area contributed by atoms with Crippen molar-refractivity contribution in [3.63, 3.8) is 0 Å². The van der Waals surface area contributed by atoms with Crippen molar-refractivity contribution in [1.82, 2.24) is 4.31 Å². The number of hydrogen-bond acceptors (Lipinski definition) is 7. The fourth-order valence-corrected chi connectivity index (χ4v) is 5.66. The number of hydrogen-bond donors (Lipinski definition) is 0. The van der Waals surface area contributed by atoms with E-state index < -0.39 is 34.5 Å². The lowest BCUT2D eigenvalue weighted by Crippen LogP contribution is -2.50. The van der Waals surface area contributed by atoms with Gasteiger partial charge in [-0.2, -0.15) is 4.31 Å². The number of benzene rings is 3. The molecule has 3 aromatic rings. The molecule has 194 valence electrons. The lowest BCUT2D eigenvalue weighted by atomic mass is 10.2. The van der Waals surface area contributed by atoms with Crippen LogP contribution in [0.1, 0.15) is 5.56 Å². The molecule has 0 spiro atoms. The van der Waals surface area contributed by atoms with Crippen LogP contribution in [0.4, 0.5) is 5.69 Å². The number of amides is 1. The average Bonchev–Trinajstić information content (AvgIpc) is 2.92. The zero-order valence-corrected chi connectivity index (χ0v) is 21.7. The Hall–Kier alpha value is -3.60. The third-order valence-corrected chi connectivity index (χ3v) is 7.90. The first-order valence-corrected chi connectivity index (χ1v) is 13.1. The van der Waals surface area contributed by atoms with Crippen LogP contribution in [0.5, 0.6) is 11.5 Å². The highest BCUT2D eigenvalue weighted by Crippen LogP contribution is 2.34. The Morgan fingerprint density at radius 2 is 1.76 bits per heavy atom. The van der Waals surface area contributed by atoms with Gasteiger partial charge in [0, 0.05) is 6.54 Å². The molecular weight excluding hydrogens is 520 g/mol.